The first kappa shape index (κ1) is 20.4. The van der Waals surface area contributed by atoms with Crippen LogP contribution in [0.15, 0.2) is 78.9 Å². The first-order valence-electron chi connectivity index (χ1n) is 10.0. The van der Waals surface area contributed by atoms with Crippen LogP contribution in [-0.4, -0.2) is 44.8 Å². The van der Waals surface area contributed by atoms with Crippen molar-refractivity contribution in [1.82, 2.24) is 10.4 Å². The molecule has 1 aliphatic carbocycles. The van der Waals surface area contributed by atoms with Gasteiger partial charge in [0, 0.05) is 12.0 Å². The Morgan fingerprint density at radius 3 is 2.45 bits per heavy atom. The van der Waals surface area contributed by atoms with Gasteiger partial charge in [0.05, 0.1) is 0 Å². The Labute approximate surface area is 179 Å². The number of carbonyl (C=O) groups excluding carboxylic acids is 3. The maximum atomic E-state index is 13.3. The zero-order chi connectivity index (χ0) is 21.8. The summed E-state index contributed by atoms with van der Waals surface area (Å²) < 4.78 is 1.61. The van der Waals surface area contributed by atoms with Gasteiger partial charge in [-0.1, -0.05) is 60.7 Å². The third-order valence-electron chi connectivity index (χ3n) is 5.43. The molecule has 2 aliphatic rings. The van der Waals surface area contributed by atoms with Gasteiger partial charge >= 0.3 is 11.9 Å². The fourth-order valence-corrected chi connectivity index (χ4v) is 3.78. The molecule has 2 aromatic carbocycles. The maximum absolute atomic E-state index is 13.3. The second-order valence-electron chi connectivity index (χ2n) is 7.38. The van der Waals surface area contributed by atoms with Gasteiger partial charge in [0.25, 0.3) is 5.91 Å². The third-order valence-corrected chi connectivity index (χ3v) is 5.43. The van der Waals surface area contributed by atoms with Crippen LogP contribution in [0.3, 0.4) is 0 Å². The van der Waals surface area contributed by atoms with Gasteiger partial charge in [-0.25, -0.2) is 10.3 Å². The number of urea groups is 1. The van der Waals surface area contributed by atoms with E-state index in [9.17, 15) is 14.4 Å². The minimum absolute atomic E-state index is 0.220. The molecule has 156 valence electrons. The van der Waals surface area contributed by atoms with E-state index in [2.05, 4.69) is 0 Å². The summed E-state index contributed by atoms with van der Waals surface area (Å²) in [5.41, 5.74) is 4.40. The van der Waals surface area contributed by atoms with Gasteiger partial charge in [-0.2, -0.15) is 14.3 Å². The van der Waals surface area contributed by atoms with Gasteiger partial charge in [-0.3, -0.25) is 10.0 Å². The summed E-state index contributed by atoms with van der Waals surface area (Å²) in [6.45, 7) is 0.564. The number of hydrogen-bond donors (Lipinski definition) is 2. The fraction of sp³-hybridized carbons (Fsp3) is 0.167. The van der Waals surface area contributed by atoms with Crippen molar-refractivity contribution >= 4 is 23.6 Å². The molecule has 1 heterocycles. The largest absolute Gasteiger partial charge is 0.501 e. The van der Waals surface area contributed by atoms with Crippen molar-refractivity contribution in [2.45, 2.75) is 13.0 Å². The summed E-state index contributed by atoms with van der Waals surface area (Å²) in [7, 11) is 0. The summed E-state index contributed by atoms with van der Waals surface area (Å²) >= 11 is 0. The van der Waals surface area contributed by atoms with Crippen LogP contribution >= 0.6 is 0 Å². The Morgan fingerprint density at radius 1 is 1.00 bits per heavy atom. The number of hydroxylamine groups is 1. The Hall–Kier alpha value is -3.84. The topological polar surface area (TPSA) is 89.7 Å². The van der Waals surface area contributed by atoms with Gasteiger partial charge < -0.3 is 0 Å². The predicted molar refractivity (Wildman–Crippen MR) is 114 cm³/mol. The summed E-state index contributed by atoms with van der Waals surface area (Å²) in [5.74, 6) is -1.33. The average Bonchev–Trinajstić information content (AvgIpc) is 2.82. The quantitative estimate of drug-likeness (QED) is 0.430. The highest BCUT2D eigenvalue weighted by Crippen LogP contribution is 2.21. The summed E-state index contributed by atoms with van der Waals surface area (Å²) in [5, 5.41) is 8.76. The van der Waals surface area contributed by atoms with E-state index in [4.69, 9.17) is 5.21 Å². The highest BCUT2D eigenvalue weighted by Gasteiger charge is 2.46. The molecule has 7 heteroatoms. The second-order valence-corrected chi connectivity index (χ2v) is 7.38. The van der Waals surface area contributed by atoms with Crippen molar-refractivity contribution in [3.63, 3.8) is 0 Å². The SMILES string of the molecule is O=C(NO)c1ccc(C[N+]2=C3C=CC=CC3C(=O)N(CCc3ccccc3)C2=O)cc1. The molecule has 0 radical (unpaired) electrons. The van der Waals surface area contributed by atoms with Crippen LogP contribution < -0.4 is 5.48 Å². The Kier molecular flexibility index (Phi) is 5.86. The first-order valence-corrected chi connectivity index (χ1v) is 10.0. The lowest BCUT2D eigenvalue weighted by Crippen LogP contribution is -2.54. The highest BCUT2D eigenvalue weighted by molar-refractivity contribution is 6.16. The summed E-state index contributed by atoms with van der Waals surface area (Å²) in [6, 6.07) is 16.0. The lowest BCUT2D eigenvalue weighted by atomic mass is 9.94. The monoisotopic (exact) mass is 416 g/mol. The van der Waals surface area contributed by atoms with Crippen LogP contribution in [0.1, 0.15) is 21.5 Å². The molecule has 0 bridgehead atoms. The van der Waals surface area contributed by atoms with Crippen molar-refractivity contribution in [3.05, 3.63) is 95.6 Å². The minimum atomic E-state index is -0.604. The van der Waals surface area contributed by atoms with Crippen molar-refractivity contribution in [1.29, 1.82) is 0 Å². The zero-order valence-electron chi connectivity index (χ0n) is 16.8. The summed E-state index contributed by atoms with van der Waals surface area (Å²) in [6.07, 6.45) is 7.81. The van der Waals surface area contributed by atoms with Crippen LogP contribution in [-0.2, 0) is 17.8 Å². The van der Waals surface area contributed by atoms with Crippen LogP contribution in [0.2, 0.25) is 0 Å². The number of nitrogens with one attached hydrogen (secondary N) is 1. The number of carbonyl (C=O) groups is 3. The van der Waals surface area contributed by atoms with Crippen LogP contribution in [0.5, 0.6) is 0 Å². The van der Waals surface area contributed by atoms with E-state index in [1.165, 1.54) is 4.90 Å². The number of fused-ring (bicyclic) bond motifs is 1. The van der Waals surface area contributed by atoms with E-state index < -0.39 is 11.8 Å². The number of rotatable bonds is 6. The number of amides is 4. The first-order chi connectivity index (χ1) is 15.1. The van der Waals surface area contributed by atoms with Gasteiger partial charge in [0.15, 0.2) is 0 Å². The molecule has 0 saturated heterocycles. The van der Waals surface area contributed by atoms with Crippen LogP contribution in [0.25, 0.3) is 0 Å². The molecule has 0 aromatic heterocycles. The van der Waals surface area contributed by atoms with Crippen molar-refractivity contribution < 1.29 is 24.2 Å². The standard InChI is InChI=1S/C24H21N3O4/c28-22(25-31)19-12-10-18(11-13-19)16-27-21-9-5-4-8-20(21)23(29)26(24(27)30)15-14-17-6-2-1-3-7-17/h1-13,20H,14-16H2,(H-,25,28,31)/p+1. The molecule has 0 fully saturated rings. The highest BCUT2D eigenvalue weighted by atomic mass is 16.5. The third kappa shape index (κ3) is 4.22. The van der Waals surface area contributed by atoms with E-state index >= 15 is 0 Å². The van der Waals surface area contributed by atoms with E-state index in [-0.39, 0.29) is 18.5 Å². The molecule has 31 heavy (non-hydrogen) atoms. The Morgan fingerprint density at radius 2 is 1.74 bits per heavy atom. The maximum Gasteiger partial charge on any atom is 0.501 e. The molecular weight excluding hydrogens is 394 g/mol. The molecule has 2 aromatic rings. The van der Waals surface area contributed by atoms with Crippen molar-refractivity contribution in [2.75, 3.05) is 6.54 Å². The van der Waals surface area contributed by atoms with Gasteiger partial charge in [0.2, 0.25) is 0 Å². The summed E-state index contributed by atoms with van der Waals surface area (Å²) in [4.78, 5) is 39.2. The van der Waals surface area contributed by atoms with Crippen molar-refractivity contribution in [2.24, 2.45) is 5.92 Å². The van der Waals surface area contributed by atoms with Gasteiger partial charge in [-0.15, -0.1) is 0 Å². The molecule has 1 aliphatic heterocycles. The Bertz CT molecular complexity index is 1100. The molecule has 4 amide bonds. The number of nitrogens with zero attached hydrogens (tertiary/aromatic N) is 2. The zero-order valence-corrected chi connectivity index (χ0v) is 16.8. The van der Waals surface area contributed by atoms with Gasteiger partial charge in [0.1, 0.15) is 24.7 Å². The minimum Gasteiger partial charge on any atom is -0.288 e. The van der Waals surface area contributed by atoms with Crippen LogP contribution in [0, 0.1) is 5.92 Å². The second kappa shape index (κ2) is 8.89. The van der Waals surface area contributed by atoms with E-state index in [0.29, 0.717) is 24.2 Å². The van der Waals surface area contributed by atoms with Gasteiger partial charge in [-0.05, 0) is 29.3 Å². The number of allylic oxidation sites excluding steroid dienone is 3. The molecule has 1 unspecified atom stereocenters. The van der Waals surface area contributed by atoms with E-state index in [0.717, 1.165) is 11.1 Å². The smallest absolute Gasteiger partial charge is 0.288 e. The molecule has 2 N–H and O–H groups in total. The Balaban J connectivity index is 1.60. The molecule has 4 rings (SSSR count). The number of imide groups is 1. The number of benzene rings is 2. The normalized spacial score (nSPS) is 17.7. The molecule has 7 nitrogen and oxygen atoms in total. The molecule has 0 spiro atoms. The molecular formula is C24H22N3O4+. The van der Waals surface area contributed by atoms with Crippen molar-refractivity contribution in [3.8, 4) is 0 Å². The lowest BCUT2D eigenvalue weighted by molar-refractivity contribution is -0.456. The van der Waals surface area contributed by atoms with E-state index in [1.54, 1.807) is 46.5 Å². The number of hydrogen-bond acceptors (Lipinski definition) is 4. The fourth-order valence-electron chi connectivity index (χ4n) is 3.78. The predicted octanol–water partition coefficient (Wildman–Crippen LogP) is 2.71. The lowest BCUT2D eigenvalue weighted by Gasteiger charge is -2.27. The molecule has 0 saturated carbocycles. The van der Waals surface area contributed by atoms with E-state index in [1.807, 2.05) is 42.5 Å². The average molecular weight is 416 g/mol. The molecule has 1 atom stereocenters. The van der Waals surface area contributed by atoms with Crippen LogP contribution in [0.4, 0.5) is 4.79 Å².